The SMILES string of the molecule is CCOc1cc2ncnc(Nc3ccc(F)c(Cl)c3)c2cc1NC(=O)/C(F)=C\CN(C)C. The van der Waals surface area contributed by atoms with Crippen molar-refractivity contribution in [3.05, 3.63) is 59.4 Å². The lowest BCUT2D eigenvalue weighted by Crippen LogP contribution is -2.16. The molecule has 1 aromatic heterocycles. The Labute approximate surface area is 189 Å². The van der Waals surface area contributed by atoms with Crippen LogP contribution in [0.3, 0.4) is 0 Å². The van der Waals surface area contributed by atoms with Gasteiger partial charge in [0.2, 0.25) is 0 Å². The van der Waals surface area contributed by atoms with E-state index in [-0.39, 0.29) is 17.3 Å². The van der Waals surface area contributed by atoms with Gasteiger partial charge in [-0.05, 0) is 51.4 Å². The molecule has 7 nitrogen and oxygen atoms in total. The number of fused-ring (bicyclic) bond motifs is 1. The highest BCUT2D eigenvalue weighted by molar-refractivity contribution is 6.31. The molecule has 0 unspecified atom stereocenters. The lowest BCUT2D eigenvalue weighted by atomic mass is 10.1. The summed E-state index contributed by atoms with van der Waals surface area (Å²) < 4.78 is 33.3. The highest BCUT2D eigenvalue weighted by Gasteiger charge is 2.16. The second-order valence-corrected chi connectivity index (χ2v) is 7.45. The first-order chi connectivity index (χ1) is 15.3. The first kappa shape index (κ1) is 23.4. The van der Waals surface area contributed by atoms with E-state index in [0.29, 0.717) is 34.8 Å². The standard InChI is InChI=1S/C22H22ClF2N5O2/c1-4-32-20-11-18-14(10-19(20)29-22(31)17(25)7-8-30(2)3)21(27-12-26-18)28-13-5-6-16(24)15(23)9-13/h5-7,9-12H,4,8H2,1-3H3,(H,29,31)(H,26,27,28)/b17-7+. The molecule has 3 rings (SSSR count). The van der Waals surface area contributed by atoms with Gasteiger partial charge in [-0.3, -0.25) is 4.79 Å². The van der Waals surface area contributed by atoms with Crippen molar-refractivity contribution in [2.24, 2.45) is 0 Å². The summed E-state index contributed by atoms with van der Waals surface area (Å²) in [4.78, 5) is 22.5. The number of likely N-dealkylation sites (N-methyl/N-ethyl adjacent to an activating group) is 1. The molecular formula is C22H22ClF2N5O2. The van der Waals surface area contributed by atoms with E-state index in [9.17, 15) is 13.6 Å². The van der Waals surface area contributed by atoms with Crippen LogP contribution in [0.5, 0.6) is 5.75 Å². The van der Waals surface area contributed by atoms with Crippen molar-refractivity contribution >= 4 is 45.6 Å². The molecule has 1 heterocycles. The molecule has 3 aromatic rings. The van der Waals surface area contributed by atoms with Crippen molar-refractivity contribution < 1.29 is 18.3 Å². The van der Waals surface area contributed by atoms with Crippen LogP contribution in [0, 0.1) is 5.82 Å². The Hall–Kier alpha value is -3.30. The van der Waals surface area contributed by atoms with Gasteiger partial charge in [0.15, 0.2) is 5.83 Å². The minimum absolute atomic E-state index is 0.0417. The molecule has 0 bridgehead atoms. The summed E-state index contributed by atoms with van der Waals surface area (Å²) in [6.45, 7) is 2.40. The Bertz CT molecular complexity index is 1170. The molecule has 0 spiro atoms. The van der Waals surface area contributed by atoms with Crippen LogP contribution >= 0.6 is 11.6 Å². The van der Waals surface area contributed by atoms with Gasteiger partial charge in [0, 0.05) is 23.7 Å². The number of nitrogens with zero attached hydrogens (tertiary/aromatic N) is 3. The van der Waals surface area contributed by atoms with Crippen LogP contribution in [0.1, 0.15) is 6.92 Å². The number of aromatic nitrogens is 2. The third-order valence-corrected chi connectivity index (χ3v) is 4.61. The van der Waals surface area contributed by atoms with Gasteiger partial charge in [-0.25, -0.2) is 18.7 Å². The Kier molecular flexibility index (Phi) is 7.55. The van der Waals surface area contributed by atoms with E-state index >= 15 is 0 Å². The number of amides is 1. The fourth-order valence-electron chi connectivity index (χ4n) is 2.80. The van der Waals surface area contributed by atoms with E-state index in [0.717, 1.165) is 0 Å². The number of ether oxygens (including phenoxy) is 1. The zero-order valence-corrected chi connectivity index (χ0v) is 18.5. The van der Waals surface area contributed by atoms with Gasteiger partial charge >= 0.3 is 0 Å². The number of carbonyl (C=O) groups excluding carboxylic acids is 1. The molecule has 0 saturated carbocycles. The van der Waals surface area contributed by atoms with Crippen molar-refractivity contribution in [3.8, 4) is 5.75 Å². The lowest BCUT2D eigenvalue weighted by Gasteiger charge is -2.14. The molecule has 0 fully saturated rings. The molecule has 10 heteroatoms. The maximum absolute atomic E-state index is 14.2. The molecule has 32 heavy (non-hydrogen) atoms. The molecule has 0 atom stereocenters. The van der Waals surface area contributed by atoms with Crippen LogP contribution in [0.2, 0.25) is 5.02 Å². The second-order valence-electron chi connectivity index (χ2n) is 7.04. The van der Waals surface area contributed by atoms with E-state index < -0.39 is 17.6 Å². The summed E-state index contributed by atoms with van der Waals surface area (Å²) in [5.41, 5.74) is 1.29. The van der Waals surface area contributed by atoms with Crippen LogP contribution in [-0.4, -0.2) is 48.0 Å². The van der Waals surface area contributed by atoms with Crippen LogP contribution in [0.15, 0.2) is 48.6 Å². The monoisotopic (exact) mass is 461 g/mol. The minimum Gasteiger partial charge on any atom is -0.492 e. The number of carbonyl (C=O) groups is 1. The zero-order valence-electron chi connectivity index (χ0n) is 17.7. The smallest absolute Gasteiger partial charge is 0.284 e. The Morgan fingerprint density at radius 2 is 2.03 bits per heavy atom. The summed E-state index contributed by atoms with van der Waals surface area (Å²) in [6.07, 6.45) is 2.54. The Morgan fingerprint density at radius 1 is 1.25 bits per heavy atom. The van der Waals surface area contributed by atoms with E-state index in [1.165, 1.54) is 30.6 Å². The Balaban J connectivity index is 1.99. The molecule has 0 aliphatic carbocycles. The van der Waals surface area contributed by atoms with Crippen molar-refractivity contribution in [2.75, 3.05) is 37.9 Å². The first-order valence-corrected chi connectivity index (χ1v) is 10.1. The summed E-state index contributed by atoms with van der Waals surface area (Å²) in [6, 6.07) is 7.38. The summed E-state index contributed by atoms with van der Waals surface area (Å²) >= 11 is 5.86. The Morgan fingerprint density at radius 3 is 2.72 bits per heavy atom. The van der Waals surface area contributed by atoms with Crippen molar-refractivity contribution in [1.29, 1.82) is 0 Å². The number of rotatable bonds is 8. The van der Waals surface area contributed by atoms with Crippen LogP contribution in [0.25, 0.3) is 10.9 Å². The molecule has 2 N–H and O–H groups in total. The summed E-state index contributed by atoms with van der Waals surface area (Å²) in [5.74, 6) is -1.63. The van der Waals surface area contributed by atoms with Crippen LogP contribution < -0.4 is 15.4 Å². The highest BCUT2D eigenvalue weighted by atomic mass is 35.5. The molecule has 168 valence electrons. The van der Waals surface area contributed by atoms with Crippen molar-refractivity contribution in [3.63, 3.8) is 0 Å². The van der Waals surface area contributed by atoms with Gasteiger partial charge in [-0.15, -0.1) is 0 Å². The zero-order chi connectivity index (χ0) is 23.3. The average Bonchev–Trinajstić information content (AvgIpc) is 2.75. The van der Waals surface area contributed by atoms with Gasteiger partial charge in [-0.1, -0.05) is 11.6 Å². The average molecular weight is 462 g/mol. The van der Waals surface area contributed by atoms with Gasteiger partial charge < -0.3 is 20.3 Å². The van der Waals surface area contributed by atoms with E-state index in [2.05, 4.69) is 20.6 Å². The predicted octanol–water partition coefficient (Wildman–Crippen LogP) is 4.92. The molecular weight excluding hydrogens is 440 g/mol. The molecule has 0 aliphatic heterocycles. The number of nitrogens with one attached hydrogen (secondary N) is 2. The van der Waals surface area contributed by atoms with E-state index in [1.54, 1.807) is 38.1 Å². The van der Waals surface area contributed by atoms with Gasteiger partial charge in [0.05, 0.1) is 22.8 Å². The van der Waals surface area contributed by atoms with Crippen molar-refractivity contribution in [2.45, 2.75) is 6.92 Å². The van der Waals surface area contributed by atoms with Crippen molar-refractivity contribution in [1.82, 2.24) is 14.9 Å². The van der Waals surface area contributed by atoms with Gasteiger partial charge in [0.25, 0.3) is 5.91 Å². The molecule has 0 aliphatic rings. The topological polar surface area (TPSA) is 79.4 Å². The molecule has 0 radical (unpaired) electrons. The summed E-state index contributed by atoms with van der Waals surface area (Å²) in [7, 11) is 3.53. The predicted molar refractivity (Wildman–Crippen MR) is 122 cm³/mol. The van der Waals surface area contributed by atoms with Gasteiger partial charge in [0.1, 0.15) is 23.7 Å². The number of hydrogen-bond donors (Lipinski definition) is 2. The van der Waals surface area contributed by atoms with Crippen LogP contribution in [-0.2, 0) is 4.79 Å². The first-order valence-electron chi connectivity index (χ1n) is 9.73. The number of anilines is 3. The second kappa shape index (κ2) is 10.3. The summed E-state index contributed by atoms with van der Waals surface area (Å²) in [5, 5.41) is 6.08. The third kappa shape index (κ3) is 5.68. The largest absolute Gasteiger partial charge is 0.492 e. The maximum atomic E-state index is 14.2. The molecule has 2 aromatic carbocycles. The van der Waals surface area contributed by atoms with E-state index in [4.69, 9.17) is 16.3 Å². The quantitative estimate of drug-likeness (QED) is 0.464. The normalized spacial score (nSPS) is 11.7. The number of hydrogen-bond acceptors (Lipinski definition) is 6. The van der Waals surface area contributed by atoms with Crippen LogP contribution in [0.4, 0.5) is 26.0 Å². The lowest BCUT2D eigenvalue weighted by molar-refractivity contribution is -0.114. The van der Waals surface area contributed by atoms with Gasteiger partial charge in [-0.2, -0.15) is 0 Å². The maximum Gasteiger partial charge on any atom is 0.284 e. The van der Waals surface area contributed by atoms with E-state index in [1.807, 2.05) is 0 Å². The fourth-order valence-corrected chi connectivity index (χ4v) is 2.98. The fraction of sp³-hybridized carbons (Fsp3) is 0.227. The number of benzene rings is 2. The number of halogens is 3. The third-order valence-electron chi connectivity index (χ3n) is 4.32. The minimum atomic E-state index is -0.912. The highest BCUT2D eigenvalue weighted by Crippen LogP contribution is 2.34. The molecule has 1 amide bonds. The molecule has 0 saturated heterocycles.